The van der Waals surface area contributed by atoms with Crippen LogP contribution in [0.5, 0.6) is 0 Å². The number of terminal acetylenes is 1. The summed E-state index contributed by atoms with van der Waals surface area (Å²) >= 11 is 0. The molecule has 1 atom stereocenters. The van der Waals surface area contributed by atoms with E-state index in [4.69, 9.17) is 21.1 Å². The van der Waals surface area contributed by atoms with Crippen LogP contribution in [0.3, 0.4) is 0 Å². The van der Waals surface area contributed by atoms with Crippen molar-refractivity contribution in [3.8, 4) is 18.0 Å². The van der Waals surface area contributed by atoms with Crippen molar-refractivity contribution >= 4 is 5.97 Å². The van der Waals surface area contributed by atoms with E-state index in [2.05, 4.69) is 76.0 Å². The maximum absolute atomic E-state index is 10.6. The summed E-state index contributed by atoms with van der Waals surface area (Å²) in [5, 5.41) is 32.5. The predicted octanol–water partition coefficient (Wildman–Crippen LogP) is 4.97. The van der Waals surface area contributed by atoms with Crippen molar-refractivity contribution in [1.82, 2.24) is 25.5 Å². The Morgan fingerprint density at radius 1 is 1.27 bits per heavy atom. The zero-order chi connectivity index (χ0) is 29.4. The van der Waals surface area contributed by atoms with E-state index in [1.807, 2.05) is 4.68 Å². The molecule has 13 heteroatoms. The first kappa shape index (κ1) is 31.2. The highest BCUT2D eigenvalue weighted by molar-refractivity contribution is 5.73. The molecule has 40 heavy (non-hydrogen) atoms. The second-order valence-electron chi connectivity index (χ2n) is 10.5. The third kappa shape index (κ3) is 8.32. The van der Waals surface area contributed by atoms with Crippen LogP contribution in [0.1, 0.15) is 75.4 Å². The third-order valence-electron chi connectivity index (χ3n) is 7.33. The van der Waals surface area contributed by atoms with Crippen molar-refractivity contribution in [1.29, 1.82) is 0 Å². The van der Waals surface area contributed by atoms with E-state index >= 15 is 0 Å². The molecule has 0 aliphatic carbocycles. The predicted molar refractivity (Wildman–Crippen MR) is 141 cm³/mol. The van der Waals surface area contributed by atoms with E-state index in [0.717, 1.165) is 69.8 Å². The monoisotopic (exact) mass is 563 g/mol. The van der Waals surface area contributed by atoms with E-state index in [1.54, 1.807) is 0 Å². The number of carboxylic acids is 1. The quantitative estimate of drug-likeness (QED) is 0.370. The third-order valence-corrected chi connectivity index (χ3v) is 7.33. The minimum atomic E-state index is -5.08. The second kappa shape index (κ2) is 13.3. The molecule has 10 nitrogen and oxygen atoms in total. The molecule has 0 amide bonds. The Morgan fingerprint density at radius 3 is 2.52 bits per heavy atom. The summed E-state index contributed by atoms with van der Waals surface area (Å²) in [6.45, 7) is 9.02. The van der Waals surface area contributed by atoms with Gasteiger partial charge < -0.3 is 15.2 Å². The number of aliphatic carboxylic acids is 1. The van der Waals surface area contributed by atoms with Crippen LogP contribution in [0.15, 0.2) is 28.4 Å². The number of aryl methyl sites for hydroxylation is 2. The lowest BCUT2D eigenvalue weighted by Crippen LogP contribution is -2.35. The lowest BCUT2D eigenvalue weighted by Gasteiger charge is -2.36. The van der Waals surface area contributed by atoms with Crippen LogP contribution in [-0.4, -0.2) is 62.9 Å². The molecular formula is C27H36F3N7O3. The van der Waals surface area contributed by atoms with Gasteiger partial charge in [-0.05, 0) is 59.6 Å². The molecule has 1 unspecified atom stereocenters. The van der Waals surface area contributed by atoms with Crippen molar-refractivity contribution in [3.05, 3.63) is 35.2 Å². The molecule has 2 aromatic rings. The summed E-state index contributed by atoms with van der Waals surface area (Å²) in [6, 6.07) is 6.38. The molecule has 0 saturated carbocycles. The summed E-state index contributed by atoms with van der Waals surface area (Å²) in [7, 11) is 0. The van der Waals surface area contributed by atoms with Crippen molar-refractivity contribution in [3.63, 3.8) is 0 Å². The highest BCUT2D eigenvalue weighted by Crippen LogP contribution is 2.40. The molecule has 218 valence electrons. The summed E-state index contributed by atoms with van der Waals surface area (Å²) < 4.78 is 39.3. The maximum Gasteiger partial charge on any atom is 0.490 e. The molecule has 1 aromatic carbocycles. The minimum absolute atomic E-state index is 0.0100. The van der Waals surface area contributed by atoms with Gasteiger partial charge in [-0.2, -0.15) is 28.1 Å². The first-order valence-electron chi connectivity index (χ1n) is 13.3. The SMILES string of the molecule is C#CCCC1(CCNC(CC2(C)CCOCC2)c2nnnn2-c2c(C)cccc2CC)N=N1.O=C(O)C(F)(F)F. The van der Waals surface area contributed by atoms with Crippen LogP contribution < -0.4 is 5.32 Å². The van der Waals surface area contributed by atoms with Gasteiger partial charge in [-0.15, -0.1) is 17.4 Å². The maximum atomic E-state index is 10.6. The van der Waals surface area contributed by atoms with Crippen LogP contribution in [-0.2, 0) is 16.0 Å². The lowest BCUT2D eigenvalue weighted by atomic mass is 9.77. The number of benzene rings is 1. The van der Waals surface area contributed by atoms with E-state index < -0.39 is 12.1 Å². The lowest BCUT2D eigenvalue weighted by molar-refractivity contribution is -0.192. The Bertz CT molecular complexity index is 1210. The van der Waals surface area contributed by atoms with Gasteiger partial charge in [0.15, 0.2) is 11.5 Å². The number of nitrogens with zero attached hydrogens (tertiary/aromatic N) is 6. The molecule has 2 aliphatic rings. The fourth-order valence-electron chi connectivity index (χ4n) is 4.81. The van der Waals surface area contributed by atoms with Gasteiger partial charge in [0.1, 0.15) is 0 Å². The van der Waals surface area contributed by atoms with Gasteiger partial charge in [0.2, 0.25) is 0 Å². The second-order valence-corrected chi connectivity index (χ2v) is 10.5. The number of halogens is 3. The smallest absolute Gasteiger partial charge is 0.475 e. The minimum Gasteiger partial charge on any atom is -0.475 e. The van der Waals surface area contributed by atoms with Gasteiger partial charge in [-0.3, -0.25) is 0 Å². The molecule has 2 N–H and O–H groups in total. The molecule has 2 aliphatic heterocycles. The topological polar surface area (TPSA) is 127 Å². The summed E-state index contributed by atoms with van der Waals surface area (Å²) in [6.07, 6.45) is 6.63. The number of ether oxygens (including phenoxy) is 1. The highest BCUT2D eigenvalue weighted by atomic mass is 19.4. The molecular weight excluding hydrogens is 527 g/mol. The fourth-order valence-corrected chi connectivity index (χ4v) is 4.81. The van der Waals surface area contributed by atoms with Crippen LogP contribution in [0.4, 0.5) is 13.2 Å². The van der Waals surface area contributed by atoms with Crippen molar-refractivity contribution in [2.45, 2.75) is 83.6 Å². The summed E-state index contributed by atoms with van der Waals surface area (Å²) in [5.41, 5.74) is 3.36. The van der Waals surface area contributed by atoms with E-state index in [-0.39, 0.29) is 17.1 Å². The number of alkyl halides is 3. The number of rotatable bonds is 11. The largest absolute Gasteiger partial charge is 0.490 e. The molecule has 3 heterocycles. The van der Waals surface area contributed by atoms with Crippen LogP contribution >= 0.6 is 0 Å². The van der Waals surface area contributed by atoms with Gasteiger partial charge in [-0.1, -0.05) is 32.0 Å². The Labute approximate surface area is 231 Å². The fraction of sp³-hybridized carbons (Fsp3) is 0.630. The molecule has 0 spiro atoms. The summed E-state index contributed by atoms with van der Waals surface area (Å²) in [5.74, 6) is 0.803. The highest BCUT2D eigenvalue weighted by Gasteiger charge is 2.40. The standard InChI is InChI=1S/C25H35N7O.C2HF3O2/c1-5-7-11-25(28-29-25)12-15-26-21(18-24(4)13-16-33-17-14-24)23-27-30-31-32(23)22-19(3)9-8-10-20(22)6-2;3-2(4,5)1(6)7/h1,8-10,21,26H,6-7,11-18H2,2-4H3;(H,6,7). The average molecular weight is 564 g/mol. The van der Waals surface area contributed by atoms with E-state index in [1.165, 1.54) is 11.1 Å². The van der Waals surface area contributed by atoms with Crippen molar-refractivity contribution in [2.75, 3.05) is 19.8 Å². The first-order chi connectivity index (χ1) is 18.9. The molecule has 0 bridgehead atoms. The zero-order valence-corrected chi connectivity index (χ0v) is 23.0. The number of carboxylic acid groups (broad SMARTS) is 1. The van der Waals surface area contributed by atoms with Gasteiger partial charge in [0.05, 0.1) is 11.7 Å². The Hall–Kier alpha value is -3.37. The van der Waals surface area contributed by atoms with Gasteiger partial charge in [-0.25, -0.2) is 4.79 Å². The number of para-hydroxylation sites is 1. The number of nitrogens with one attached hydrogen (secondary N) is 1. The number of tetrazole rings is 1. The Kier molecular flexibility index (Phi) is 10.4. The average Bonchev–Trinajstić information content (AvgIpc) is 3.51. The normalized spacial score (nSPS) is 17.8. The molecule has 1 fully saturated rings. The van der Waals surface area contributed by atoms with Gasteiger partial charge in [0.25, 0.3) is 0 Å². The first-order valence-corrected chi connectivity index (χ1v) is 13.3. The molecule has 1 aromatic heterocycles. The molecule has 0 radical (unpaired) electrons. The van der Waals surface area contributed by atoms with Gasteiger partial charge in [0, 0.05) is 39.0 Å². The Balaban J connectivity index is 0.000000559. The van der Waals surface area contributed by atoms with Crippen molar-refractivity contribution in [2.24, 2.45) is 15.6 Å². The number of aromatic nitrogens is 4. The summed E-state index contributed by atoms with van der Waals surface area (Å²) in [4.78, 5) is 8.90. The van der Waals surface area contributed by atoms with Gasteiger partial charge >= 0.3 is 12.1 Å². The Morgan fingerprint density at radius 2 is 1.95 bits per heavy atom. The van der Waals surface area contributed by atoms with E-state index in [0.29, 0.717) is 6.42 Å². The van der Waals surface area contributed by atoms with E-state index in [9.17, 15) is 13.2 Å². The van der Waals surface area contributed by atoms with Crippen LogP contribution in [0, 0.1) is 24.7 Å². The number of carbonyl (C=O) groups is 1. The zero-order valence-electron chi connectivity index (χ0n) is 23.0. The molecule has 1 saturated heterocycles. The number of hydrogen-bond donors (Lipinski definition) is 2. The van der Waals surface area contributed by atoms with Crippen LogP contribution in [0.25, 0.3) is 5.69 Å². The van der Waals surface area contributed by atoms with Crippen LogP contribution in [0.2, 0.25) is 0 Å². The molecule has 4 rings (SSSR count). The number of hydrogen-bond acceptors (Lipinski definition) is 8. The van der Waals surface area contributed by atoms with Crippen molar-refractivity contribution < 1.29 is 27.8 Å².